The van der Waals surface area contributed by atoms with Gasteiger partial charge in [0.15, 0.2) is 0 Å². The molecule has 0 saturated carbocycles. The third-order valence-corrected chi connectivity index (χ3v) is 3.85. The summed E-state index contributed by atoms with van der Waals surface area (Å²) in [7, 11) is 0. The van der Waals surface area contributed by atoms with Gasteiger partial charge in [-0.1, -0.05) is 46.0 Å². The molecule has 0 N–H and O–H groups in total. The van der Waals surface area contributed by atoms with Gasteiger partial charge in [-0.3, -0.25) is 4.79 Å². The molecule has 19 heavy (non-hydrogen) atoms. The molecule has 1 heterocycles. The van der Waals surface area contributed by atoms with E-state index in [1.807, 2.05) is 0 Å². The molecule has 0 aliphatic carbocycles. The lowest BCUT2D eigenvalue weighted by atomic mass is 9.95. The van der Waals surface area contributed by atoms with Crippen molar-refractivity contribution in [1.82, 2.24) is 0 Å². The number of unbranched alkanes of at least 4 members (excludes halogenated alkanes) is 3. The van der Waals surface area contributed by atoms with Gasteiger partial charge in [0.05, 0.1) is 19.1 Å². The molecule has 1 saturated heterocycles. The molecule has 1 unspecified atom stereocenters. The summed E-state index contributed by atoms with van der Waals surface area (Å²) in [5, 5.41) is 0. The third-order valence-electron chi connectivity index (χ3n) is 3.85. The zero-order chi connectivity index (χ0) is 13.9. The summed E-state index contributed by atoms with van der Waals surface area (Å²) >= 11 is 0. The summed E-state index contributed by atoms with van der Waals surface area (Å²) in [5.74, 6) is 0.158. The van der Waals surface area contributed by atoms with Crippen LogP contribution in [0.2, 0.25) is 0 Å². The van der Waals surface area contributed by atoms with Crippen LogP contribution >= 0.6 is 0 Å². The average Bonchev–Trinajstić information content (AvgIpc) is 2.43. The summed E-state index contributed by atoms with van der Waals surface area (Å²) in [6.45, 7) is 5.83. The lowest BCUT2D eigenvalue weighted by Gasteiger charge is -2.25. The fraction of sp³-hybridized carbons (Fsp3) is 0.938. The molecule has 0 amide bonds. The molecule has 1 fully saturated rings. The monoisotopic (exact) mass is 270 g/mol. The van der Waals surface area contributed by atoms with Gasteiger partial charge in [0, 0.05) is 12.8 Å². The Morgan fingerprint density at radius 2 is 1.74 bits per heavy atom. The normalized spacial score (nSPS) is 18.2. The topological polar surface area (TPSA) is 35.5 Å². The van der Waals surface area contributed by atoms with Gasteiger partial charge in [-0.25, -0.2) is 0 Å². The quantitative estimate of drug-likeness (QED) is 0.467. The first-order chi connectivity index (χ1) is 9.27. The molecule has 3 nitrogen and oxygen atoms in total. The van der Waals surface area contributed by atoms with Crippen LogP contribution in [0.15, 0.2) is 0 Å². The Kier molecular flexibility index (Phi) is 8.89. The highest BCUT2D eigenvalue weighted by atomic mass is 16.6. The lowest BCUT2D eigenvalue weighted by molar-refractivity contribution is -0.158. The molecular formula is C16H30O3. The van der Waals surface area contributed by atoms with Crippen LogP contribution in [0.3, 0.4) is 0 Å². The van der Waals surface area contributed by atoms with Crippen LogP contribution in [0.5, 0.6) is 0 Å². The maximum Gasteiger partial charge on any atom is 0.309 e. The Morgan fingerprint density at radius 3 is 2.37 bits per heavy atom. The predicted octanol–water partition coefficient (Wildman–Crippen LogP) is 4.10. The van der Waals surface area contributed by atoms with Crippen LogP contribution < -0.4 is 0 Å². The largest absolute Gasteiger partial charge is 0.462 e. The van der Waals surface area contributed by atoms with Gasteiger partial charge in [0.1, 0.15) is 6.10 Å². The standard InChI is InChI=1S/C16H30O3/c1-3-5-7-9-14(8-6-4-2)16(17)19-15-10-12-18-13-11-15/h14-15H,3-13H2,1-2H3. The second-order valence-electron chi connectivity index (χ2n) is 5.58. The van der Waals surface area contributed by atoms with Crippen molar-refractivity contribution in [2.45, 2.75) is 77.7 Å². The zero-order valence-corrected chi connectivity index (χ0v) is 12.7. The van der Waals surface area contributed by atoms with Crippen molar-refractivity contribution in [1.29, 1.82) is 0 Å². The molecule has 0 aromatic rings. The number of carbonyl (C=O) groups is 1. The molecular weight excluding hydrogens is 240 g/mol. The van der Waals surface area contributed by atoms with E-state index in [1.165, 1.54) is 12.8 Å². The highest BCUT2D eigenvalue weighted by Crippen LogP contribution is 2.21. The summed E-state index contributed by atoms with van der Waals surface area (Å²) in [6, 6.07) is 0. The molecule has 0 spiro atoms. The van der Waals surface area contributed by atoms with E-state index in [0.29, 0.717) is 0 Å². The minimum Gasteiger partial charge on any atom is -0.462 e. The molecule has 1 aliphatic rings. The first-order valence-corrected chi connectivity index (χ1v) is 8.06. The van der Waals surface area contributed by atoms with Crippen molar-refractivity contribution in [3.8, 4) is 0 Å². The van der Waals surface area contributed by atoms with Crippen molar-refractivity contribution >= 4 is 5.97 Å². The van der Waals surface area contributed by atoms with Gasteiger partial charge in [0.2, 0.25) is 0 Å². The van der Waals surface area contributed by atoms with Gasteiger partial charge in [0.25, 0.3) is 0 Å². The summed E-state index contributed by atoms with van der Waals surface area (Å²) < 4.78 is 11.0. The fourth-order valence-electron chi connectivity index (χ4n) is 2.53. The molecule has 0 radical (unpaired) electrons. The molecule has 0 aromatic heterocycles. The maximum atomic E-state index is 12.2. The van der Waals surface area contributed by atoms with Gasteiger partial charge in [-0.15, -0.1) is 0 Å². The van der Waals surface area contributed by atoms with Crippen LogP contribution in [0, 0.1) is 5.92 Å². The number of ether oxygens (including phenoxy) is 2. The third kappa shape index (κ3) is 6.95. The molecule has 1 aliphatic heterocycles. The molecule has 0 bridgehead atoms. The second kappa shape index (κ2) is 10.2. The van der Waals surface area contributed by atoms with Gasteiger partial charge >= 0.3 is 5.97 Å². The van der Waals surface area contributed by atoms with E-state index in [-0.39, 0.29) is 18.0 Å². The van der Waals surface area contributed by atoms with E-state index >= 15 is 0 Å². The Hall–Kier alpha value is -0.570. The Balaban J connectivity index is 2.35. The van der Waals surface area contributed by atoms with Crippen LogP contribution in [-0.4, -0.2) is 25.3 Å². The molecule has 0 aromatic carbocycles. The van der Waals surface area contributed by atoms with Crippen molar-refractivity contribution in [3.05, 3.63) is 0 Å². The predicted molar refractivity (Wildman–Crippen MR) is 77.1 cm³/mol. The van der Waals surface area contributed by atoms with E-state index in [1.54, 1.807) is 0 Å². The van der Waals surface area contributed by atoms with Crippen LogP contribution in [-0.2, 0) is 14.3 Å². The molecule has 3 heteroatoms. The summed E-state index contributed by atoms with van der Waals surface area (Å²) in [5.41, 5.74) is 0. The maximum absolute atomic E-state index is 12.2. The van der Waals surface area contributed by atoms with E-state index in [4.69, 9.17) is 9.47 Å². The van der Waals surface area contributed by atoms with Crippen LogP contribution in [0.1, 0.15) is 71.6 Å². The number of carbonyl (C=O) groups excluding carboxylic acids is 1. The highest BCUT2D eigenvalue weighted by molar-refractivity contribution is 5.72. The van der Waals surface area contributed by atoms with Gasteiger partial charge in [-0.2, -0.15) is 0 Å². The van der Waals surface area contributed by atoms with Crippen LogP contribution in [0.25, 0.3) is 0 Å². The van der Waals surface area contributed by atoms with Crippen molar-refractivity contribution < 1.29 is 14.3 Å². The summed E-state index contributed by atoms with van der Waals surface area (Å²) in [4.78, 5) is 12.2. The average molecular weight is 270 g/mol. The SMILES string of the molecule is CCCCCC(CCCC)C(=O)OC1CCOCC1. The number of hydrogen-bond donors (Lipinski definition) is 0. The zero-order valence-electron chi connectivity index (χ0n) is 12.7. The molecule has 112 valence electrons. The van der Waals surface area contributed by atoms with Crippen molar-refractivity contribution in [3.63, 3.8) is 0 Å². The first kappa shape index (κ1) is 16.5. The first-order valence-electron chi connectivity index (χ1n) is 8.06. The summed E-state index contributed by atoms with van der Waals surface area (Å²) in [6.07, 6.45) is 9.64. The smallest absolute Gasteiger partial charge is 0.309 e. The Bertz CT molecular complexity index is 234. The number of rotatable bonds is 9. The Labute approximate surface area is 118 Å². The van der Waals surface area contributed by atoms with Crippen LogP contribution in [0.4, 0.5) is 0 Å². The minimum atomic E-state index is 0.0384. The lowest BCUT2D eigenvalue weighted by Crippen LogP contribution is -2.29. The van der Waals surface area contributed by atoms with Gasteiger partial charge in [-0.05, 0) is 12.8 Å². The number of hydrogen-bond acceptors (Lipinski definition) is 3. The second-order valence-corrected chi connectivity index (χ2v) is 5.58. The van der Waals surface area contributed by atoms with Crippen molar-refractivity contribution in [2.24, 2.45) is 5.92 Å². The van der Waals surface area contributed by atoms with E-state index in [9.17, 15) is 4.79 Å². The fourth-order valence-corrected chi connectivity index (χ4v) is 2.53. The minimum absolute atomic E-state index is 0.0384. The highest BCUT2D eigenvalue weighted by Gasteiger charge is 2.24. The van der Waals surface area contributed by atoms with E-state index in [0.717, 1.165) is 58.2 Å². The van der Waals surface area contributed by atoms with Gasteiger partial charge < -0.3 is 9.47 Å². The van der Waals surface area contributed by atoms with Crippen molar-refractivity contribution in [2.75, 3.05) is 13.2 Å². The van der Waals surface area contributed by atoms with E-state index < -0.39 is 0 Å². The molecule has 1 rings (SSSR count). The number of esters is 1. The molecule has 1 atom stereocenters. The Morgan fingerprint density at radius 1 is 1.11 bits per heavy atom. The van der Waals surface area contributed by atoms with E-state index in [2.05, 4.69) is 13.8 Å².